The van der Waals surface area contributed by atoms with Crippen molar-refractivity contribution in [3.8, 4) is 0 Å². The second kappa shape index (κ2) is 7.55. The molecule has 0 unspecified atom stereocenters. The maximum absolute atomic E-state index is 11.5. The zero-order valence-electron chi connectivity index (χ0n) is 11.1. The van der Waals surface area contributed by atoms with E-state index in [1.165, 1.54) is 19.4 Å². The van der Waals surface area contributed by atoms with Gasteiger partial charge >= 0.3 is 5.97 Å². The molecule has 1 rings (SSSR count). The van der Waals surface area contributed by atoms with E-state index >= 15 is 0 Å². The lowest BCUT2D eigenvalue weighted by atomic mass is 10.2. The Morgan fingerprint density at radius 1 is 1.53 bits per heavy atom. The Hall–Kier alpha value is -1.86. The summed E-state index contributed by atoms with van der Waals surface area (Å²) in [7, 11) is 3.09. The average Bonchev–Trinajstić information content (AvgIpc) is 2.42. The van der Waals surface area contributed by atoms with Gasteiger partial charge in [-0.15, -0.1) is 0 Å². The zero-order valence-corrected chi connectivity index (χ0v) is 11.1. The van der Waals surface area contributed by atoms with E-state index in [9.17, 15) is 4.79 Å². The number of nitrogen functional groups attached to an aromatic ring is 1. The van der Waals surface area contributed by atoms with Gasteiger partial charge in [-0.25, -0.2) is 9.78 Å². The van der Waals surface area contributed by atoms with E-state index in [0.717, 1.165) is 0 Å². The molecule has 7 heteroatoms. The molecule has 0 bridgehead atoms. The summed E-state index contributed by atoms with van der Waals surface area (Å²) >= 11 is 0. The maximum Gasteiger partial charge on any atom is 0.340 e. The van der Waals surface area contributed by atoms with Crippen molar-refractivity contribution < 1.29 is 19.4 Å². The molecule has 0 aliphatic heterocycles. The third kappa shape index (κ3) is 4.08. The molecular formula is C12H19N3O4. The standard InChI is InChI=1S/C12H19N3O4/c1-15(5-7-19-8-6-16)11-10(13)9(3-4-14-11)12(17)18-2/h3-4,16H,5-8,13H2,1-2H3. The van der Waals surface area contributed by atoms with Gasteiger partial charge < -0.3 is 25.2 Å². The van der Waals surface area contributed by atoms with E-state index in [2.05, 4.69) is 9.72 Å². The number of hydrogen-bond donors (Lipinski definition) is 2. The summed E-state index contributed by atoms with van der Waals surface area (Å²) in [5.41, 5.74) is 6.47. The number of nitrogens with two attached hydrogens (primary N) is 1. The number of rotatable bonds is 7. The van der Waals surface area contributed by atoms with Crippen molar-refractivity contribution >= 4 is 17.5 Å². The first-order valence-corrected chi connectivity index (χ1v) is 5.84. The molecule has 0 aliphatic carbocycles. The summed E-state index contributed by atoms with van der Waals surface area (Å²) in [6, 6.07) is 1.51. The van der Waals surface area contributed by atoms with Gasteiger partial charge in [-0.1, -0.05) is 0 Å². The zero-order chi connectivity index (χ0) is 14.3. The van der Waals surface area contributed by atoms with Crippen molar-refractivity contribution in [3.63, 3.8) is 0 Å². The van der Waals surface area contributed by atoms with Gasteiger partial charge in [0.15, 0.2) is 5.82 Å². The molecule has 19 heavy (non-hydrogen) atoms. The number of aromatic nitrogens is 1. The third-order valence-corrected chi connectivity index (χ3v) is 2.54. The quantitative estimate of drug-likeness (QED) is 0.526. The predicted octanol–water partition coefficient (Wildman–Crippen LogP) is -0.104. The minimum absolute atomic E-state index is 0.0120. The van der Waals surface area contributed by atoms with Crippen molar-refractivity contribution in [2.24, 2.45) is 0 Å². The molecule has 3 N–H and O–H groups in total. The van der Waals surface area contributed by atoms with Gasteiger partial charge in [0.1, 0.15) is 0 Å². The second-order valence-electron chi connectivity index (χ2n) is 3.84. The topological polar surface area (TPSA) is 97.9 Å². The lowest BCUT2D eigenvalue weighted by Crippen LogP contribution is -2.25. The van der Waals surface area contributed by atoms with Gasteiger partial charge in [-0.3, -0.25) is 0 Å². The van der Waals surface area contributed by atoms with Crippen molar-refractivity contribution in [2.75, 3.05) is 51.2 Å². The lowest BCUT2D eigenvalue weighted by molar-refractivity contribution is 0.0602. The Morgan fingerprint density at radius 2 is 2.26 bits per heavy atom. The molecule has 0 amide bonds. The fourth-order valence-corrected chi connectivity index (χ4v) is 1.53. The molecule has 0 spiro atoms. The van der Waals surface area contributed by atoms with Crippen LogP contribution in [0, 0.1) is 0 Å². The highest BCUT2D eigenvalue weighted by atomic mass is 16.5. The van der Waals surface area contributed by atoms with E-state index in [0.29, 0.717) is 25.6 Å². The molecule has 0 atom stereocenters. The second-order valence-corrected chi connectivity index (χ2v) is 3.84. The van der Waals surface area contributed by atoms with E-state index < -0.39 is 5.97 Å². The largest absolute Gasteiger partial charge is 0.465 e. The number of hydrogen-bond acceptors (Lipinski definition) is 7. The SMILES string of the molecule is COC(=O)c1ccnc(N(C)CCOCCO)c1N. The van der Waals surface area contributed by atoms with Crippen molar-refractivity contribution in [1.29, 1.82) is 0 Å². The van der Waals surface area contributed by atoms with E-state index in [4.69, 9.17) is 15.6 Å². The fraction of sp³-hybridized carbons (Fsp3) is 0.500. The van der Waals surface area contributed by atoms with Crippen LogP contribution in [0.25, 0.3) is 0 Å². The highest BCUT2D eigenvalue weighted by Crippen LogP contribution is 2.23. The molecule has 1 aromatic rings. The Bertz CT molecular complexity index is 425. The van der Waals surface area contributed by atoms with Crippen LogP contribution in [0.1, 0.15) is 10.4 Å². The van der Waals surface area contributed by atoms with E-state index in [-0.39, 0.29) is 17.9 Å². The molecule has 0 saturated heterocycles. The first kappa shape index (κ1) is 15.2. The van der Waals surface area contributed by atoms with Crippen LogP contribution in [0.5, 0.6) is 0 Å². The van der Waals surface area contributed by atoms with Gasteiger partial charge in [0.05, 0.1) is 38.2 Å². The summed E-state index contributed by atoms with van der Waals surface area (Å²) in [5, 5.41) is 8.59. The molecule has 1 aromatic heterocycles. The molecular weight excluding hydrogens is 250 g/mol. The fourth-order valence-electron chi connectivity index (χ4n) is 1.53. The number of aliphatic hydroxyl groups excluding tert-OH is 1. The average molecular weight is 269 g/mol. The Balaban J connectivity index is 2.74. The number of aliphatic hydroxyl groups is 1. The number of carbonyl (C=O) groups is 1. The summed E-state index contributed by atoms with van der Waals surface area (Å²) in [5.74, 6) is 0.00146. The monoisotopic (exact) mass is 269 g/mol. The summed E-state index contributed by atoms with van der Waals surface area (Å²) in [6.07, 6.45) is 1.50. The summed E-state index contributed by atoms with van der Waals surface area (Å²) in [4.78, 5) is 17.4. The van der Waals surface area contributed by atoms with Crippen LogP contribution < -0.4 is 10.6 Å². The molecule has 0 radical (unpaired) electrons. The maximum atomic E-state index is 11.5. The van der Waals surface area contributed by atoms with Crippen LogP contribution in [0.3, 0.4) is 0 Å². The number of methoxy groups -OCH3 is 1. The minimum Gasteiger partial charge on any atom is -0.465 e. The number of esters is 1. The molecule has 0 saturated carbocycles. The number of ether oxygens (including phenoxy) is 2. The van der Waals surface area contributed by atoms with Crippen LogP contribution in [0.2, 0.25) is 0 Å². The first-order valence-electron chi connectivity index (χ1n) is 5.84. The smallest absolute Gasteiger partial charge is 0.340 e. The van der Waals surface area contributed by atoms with Gasteiger partial charge in [0.2, 0.25) is 0 Å². The predicted molar refractivity (Wildman–Crippen MR) is 71.2 cm³/mol. The lowest BCUT2D eigenvalue weighted by Gasteiger charge is -2.20. The summed E-state index contributed by atoms with van der Waals surface area (Å²) in [6.45, 7) is 1.25. The first-order chi connectivity index (χ1) is 9.11. The molecule has 0 fully saturated rings. The highest BCUT2D eigenvalue weighted by molar-refractivity contribution is 5.97. The highest BCUT2D eigenvalue weighted by Gasteiger charge is 2.16. The van der Waals surface area contributed by atoms with E-state index in [1.54, 1.807) is 11.9 Å². The van der Waals surface area contributed by atoms with Crippen molar-refractivity contribution in [2.45, 2.75) is 0 Å². The molecule has 7 nitrogen and oxygen atoms in total. The van der Waals surface area contributed by atoms with Gasteiger partial charge in [0, 0.05) is 19.8 Å². The summed E-state index contributed by atoms with van der Waals surface area (Å²) < 4.78 is 9.81. The number of likely N-dealkylation sites (N-methyl/N-ethyl adjacent to an activating group) is 1. The van der Waals surface area contributed by atoms with Crippen LogP contribution in [-0.4, -0.2) is 56.6 Å². The van der Waals surface area contributed by atoms with Crippen molar-refractivity contribution in [3.05, 3.63) is 17.8 Å². The number of nitrogens with zero attached hydrogens (tertiary/aromatic N) is 2. The van der Waals surface area contributed by atoms with Crippen LogP contribution in [0.4, 0.5) is 11.5 Å². The molecule has 1 heterocycles. The Morgan fingerprint density at radius 3 is 2.89 bits per heavy atom. The molecule has 0 aliphatic rings. The van der Waals surface area contributed by atoms with Gasteiger partial charge in [-0.05, 0) is 6.07 Å². The van der Waals surface area contributed by atoms with Crippen LogP contribution >= 0.6 is 0 Å². The van der Waals surface area contributed by atoms with Crippen molar-refractivity contribution in [1.82, 2.24) is 4.98 Å². The third-order valence-electron chi connectivity index (χ3n) is 2.54. The Kier molecular flexibility index (Phi) is 6.04. The van der Waals surface area contributed by atoms with Gasteiger partial charge in [0.25, 0.3) is 0 Å². The number of carbonyl (C=O) groups excluding carboxylic acids is 1. The van der Waals surface area contributed by atoms with Gasteiger partial charge in [-0.2, -0.15) is 0 Å². The van der Waals surface area contributed by atoms with Crippen LogP contribution in [-0.2, 0) is 9.47 Å². The number of pyridine rings is 1. The Labute approximate surface area is 111 Å². The van der Waals surface area contributed by atoms with Crippen LogP contribution in [0.15, 0.2) is 12.3 Å². The molecule has 106 valence electrons. The number of anilines is 2. The van der Waals surface area contributed by atoms with E-state index in [1.807, 2.05) is 0 Å². The molecule has 0 aromatic carbocycles. The normalized spacial score (nSPS) is 10.3. The minimum atomic E-state index is -0.494.